The van der Waals surface area contributed by atoms with Crippen LogP contribution < -0.4 is 5.73 Å². The van der Waals surface area contributed by atoms with Crippen molar-refractivity contribution in [1.82, 2.24) is 24.5 Å². The van der Waals surface area contributed by atoms with Crippen LogP contribution in [0.2, 0.25) is 0 Å². The molecule has 2 atom stereocenters. The molecule has 1 saturated carbocycles. The number of imidazole rings is 1. The van der Waals surface area contributed by atoms with E-state index >= 15 is 0 Å². The Labute approximate surface area is 202 Å². The van der Waals surface area contributed by atoms with Crippen LogP contribution in [0.1, 0.15) is 61.3 Å². The number of nitrogens with two attached hydrogens (primary N) is 1. The van der Waals surface area contributed by atoms with E-state index in [-0.39, 0.29) is 34.1 Å². The fourth-order valence-electron chi connectivity index (χ4n) is 4.64. The van der Waals surface area contributed by atoms with Crippen LogP contribution in [0.25, 0.3) is 16.9 Å². The number of aromatic nitrogens is 4. The van der Waals surface area contributed by atoms with E-state index in [4.69, 9.17) is 10.5 Å². The van der Waals surface area contributed by atoms with Gasteiger partial charge in [0, 0.05) is 17.2 Å². The van der Waals surface area contributed by atoms with Crippen LogP contribution in [0, 0.1) is 5.92 Å². The van der Waals surface area contributed by atoms with Gasteiger partial charge in [-0.05, 0) is 57.2 Å². The molecular weight excluding hydrogens is 481 g/mol. The lowest BCUT2D eigenvalue weighted by Crippen LogP contribution is -2.41. The third-order valence-electron chi connectivity index (χ3n) is 6.61. The van der Waals surface area contributed by atoms with Crippen LogP contribution in [-0.2, 0) is 15.1 Å². The fourth-order valence-corrected chi connectivity index (χ4v) is 4.64. The average molecular weight is 504 g/mol. The predicted octanol–water partition coefficient (Wildman–Crippen LogP) is 2.96. The number of esters is 1. The normalized spacial score (nSPS) is 19.0. The summed E-state index contributed by atoms with van der Waals surface area (Å²) < 4.78 is 45.9. The van der Waals surface area contributed by atoms with Crippen LogP contribution in [0.5, 0.6) is 0 Å². The Morgan fingerprint density at radius 3 is 2.56 bits per heavy atom. The van der Waals surface area contributed by atoms with Crippen molar-refractivity contribution in [1.29, 1.82) is 0 Å². The van der Waals surface area contributed by atoms with Gasteiger partial charge in [-0.25, -0.2) is 19.3 Å². The van der Waals surface area contributed by atoms with Crippen molar-refractivity contribution >= 4 is 23.3 Å². The summed E-state index contributed by atoms with van der Waals surface area (Å²) in [5.41, 5.74) is 5.51. The van der Waals surface area contributed by atoms with Crippen molar-refractivity contribution in [2.24, 2.45) is 5.92 Å². The van der Waals surface area contributed by atoms with Crippen LogP contribution in [0.3, 0.4) is 0 Å². The number of hydrogen-bond acceptors (Lipinski definition) is 8. The van der Waals surface area contributed by atoms with E-state index < -0.39 is 35.9 Å². The third-order valence-corrected chi connectivity index (χ3v) is 6.61. The molecule has 0 bridgehead atoms. The zero-order chi connectivity index (χ0) is 26.2. The fraction of sp³-hybridized carbons (Fsp3) is 0.435. The zero-order valence-corrected chi connectivity index (χ0v) is 19.6. The van der Waals surface area contributed by atoms with Gasteiger partial charge in [0.25, 0.3) is 5.91 Å². The van der Waals surface area contributed by atoms with Gasteiger partial charge in [-0.1, -0.05) is 0 Å². The number of rotatable bonds is 5. The molecule has 2 aromatic heterocycles. The van der Waals surface area contributed by atoms with Crippen LogP contribution in [-0.4, -0.2) is 53.7 Å². The molecule has 1 aliphatic heterocycles. The van der Waals surface area contributed by atoms with E-state index in [1.807, 2.05) is 0 Å². The minimum absolute atomic E-state index is 0.00156. The summed E-state index contributed by atoms with van der Waals surface area (Å²) in [5, 5.41) is 15.1. The highest BCUT2D eigenvalue weighted by Crippen LogP contribution is 2.47. The molecule has 1 fully saturated rings. The molecule has 3 N–H and O–H groups in total. The van der Waals surface area contributed by atoms with Gasteiger partial charge in [0.2, 0.25) is 6.23 Å². The van der Waals surface area contributed by atoms with E-state index in [1.54, 1.807) is 13.0 Å². The smallest absolute Gasteiger partial charge is 0.430 e. The summed E-state index contributed by atoms with van der Waals surface area (Å²) in [6.45, 7) is 4.63. The third kappa shape index (κ3) is 3.83. The summed E-state index contributed by atoms with van der Waals surface area (Å²) in [5.74, 6) is -2.85. The van der Waals surface area contributed by atoms with Gasteiger partial charge in [-0.3, -0.25) is 9.69 Å². The zero-order valence-electron chi connectivity index (χ0n) is 19.6. The summed E-state index contributed by atoms with van der Waals surface area (Å²) in [7, 11) is 0. The number of anilines is 1. The molecule has 36 heavy (non-hydrogen) atoms. The molecular formula is C23H23F3N6O4. The number of carbonyl (C=O) groups is 2. The molecule has 0 saturated heterocycles. The van der Waals surface area contributed by atoms with Gasteiger partial charge in [0.05, 0.1) is 23.1 Å². The molecule has 190 valence electrons. The van der Waals surface area contributed by atoms with E-state index in [2.05, 4.69) is 15.1 Å². The Balaban J connectivity index is 1.73. The highest BCUT2D eigenvalue weighted by molar-refractivity contribution is 6.02. The number of benzene rings is 1. The molecule has 5 rings (SSSR count). The van der Waals surface area contributed by atoms with Crippen LogP contribution in [0.4, 0.5) is 19.0 Å². The monoisotopic (exact) mass is 504 g/mol. The summed E-state index contributed by atoms with van der Waals surface area (Å²) >= 11 is 0. The Morgan fingerprint density at radius 1 is 1.25 bits per heavy atom. The first-order chi connectivity index (χ1) is 16.8. The number of carbonyl (C=O) groups excluding carboxylic acids is 2. The van der Waals surface area contributed by atoms with Gasteiger partial charge in [-0.2, -0.15) is 18.3 Å². The van der Waals surface area contributed by atoms with Gasteiger partial charge in [-0.15, -0.1) is 0 Å². The second-order valence-corrected chi connectivity index (χ2v) is 9.62. The molecule has 10 nitrogen and oxygen atoms in total. The maximum atomic E-state index is 13.6. The molecule has 1 aliphatic carbocycles. The second-order valence-electron chi connectivity index (χ2n) is 9.62. The van der Waals surface area contributed by atoms with Gasteiger partial charge >= 0.3 is 12.1 Å². The molecule has 0 spiro atoms. The first-order valence-electron chi connectivity index (χ1n) is 11.2. The van der Waals surface area contributed by atoms with Crippen molar-refractivity contribution in [2.75, 3.05) is 5.73 Å². The number of nitrogens with zero attached hydrogens (tertiary/aromatic N) is 5. The number of aliphatic hydroxyl groups is 1. The topological polar surface area (TPSA) is 136 Å². The number of hydrogen-bond donors (Lipinski definition) is 2. The van der Waals surface area contributed by atoms with E-state index in [0.29, 0.717) is 11.3 Å². The van der Waals surface area contributed by atoms with Crippen LogP contribution >= 0.6 is 0 Å². The maximum Gasteiger partial charge on any atom is 0.491 e. The van der Waals surface area contributed by atoms with Crippen molar-refractivity contribution in [3.63, 3.8) is 0 Å². The lowest BCUT2D eigenvalue weighted by Gasteiger charge is -2.31. The number of fused-ring (bicyclic) bond motifs is 2. The molecule has 2 aliphatic rings. The van der Waals surface area contributed by atoms with E-state index in [1.165, 1.54) is 41.9 Å². The number of nitrogen functional groups attached to an aromatic ring is 1. The quantitative estimate of drug-likeness (QED) is 0.506. The lowest BCUT2D eigenvalue weighted by atomic mass is 9.88. The molecule has 1 unspecified atom stereocenters. The van der Waals surface area contributed by atoms with Gasteiger partial charge < -0.3 is 15.6 Å². The Morgan fingerprint density at radius 2 is 1.94 bits per heavy atom. The Kier molecular flexibility index (Phi) is 5.25. The minimum atomic E-state index is -5.26. The first-order valence-corrected chi connectivity index (χ1v) is 11.2. The molecule has 1 amide bonds. The van der Waals surface area contributed by atoms with Gasteiger partial charge in [0.1, 0.15) is 6.33 Å². The van der Waals surface area contributed by atoms with Crippen molar-refractivity contribution in [3.05, 3.63) is 41.3 Å². The molecule has 3 aromatic rings. The van der Waals surface area contributed by atoms with Crippen molar-refractivity contribution in [2.45, 2.75) is 57.7 Å². The summed E-state index contributed by atoms with van der Waals surface area (Å²) in [4.78, 5) is 34.8. The van der Waals surface area contributed by atoms with Gasteiger partial charge in [0.15, 0.2) is 11.5 Å². The standard InChI is InChI=1S/C23H23F3N6O4/c1-10(11-4-5-11)31-19(33)16-13(20(31)36-21(34)23(24,25)26)6-12(7-14(16)22(2,3)35)15-8-28-18-17(27)29-9-30-32(15)18/h6-11,20,35H,4-5H2,1-3H3,(H2,27,29,30)/t10-,20?/m0/s1. The van der Waals surface area contributed by atoms with Crippen molar-refractivity contribution < 1.29 is 32.6 Å². The van der Waals surface area contributed by atoms with E-state index in [0.717, 1.165) is 12.8 Å². The largest absolute Gasteiger partial charge is 0.491 e. The number of alkyl halides is 3. The van der Waals surface area contributed by atoms with Crippen LogP contribution in [0.15, 0.2) is 24.7 Å². The summed E-state index contributed by atoms with van der Waals surface area (Å²) in [6, 6.07) is 2.52. The minimum Gasteiger partial charge on any atom is -0.430 e. The SMILES string of the molecule is C[C@@H](C1CC1)N1C(=O)c2c(cc(-c3cnc4c(N)ncnn34)cc2C(C)(C)O)C1OC(=O)C(F)(F)F. The summed E-state index contributed by atoms with van der Waals surface area (Å²) in [6.07, 6.45) is -2.63. The highest BCUT2D eigenvalue weighted by Gasteiger charge is 2.51. The Bertz CT molecular complexity index is 1390. The highest BCUT2D eigenvalue weighted by atomic mass is 19.4. The molecule has 1 aromatic carbocycles. The number of amides is 1. The molecule has 3 heterocycles. The molecule has 13 heteroatoms. The predicted molar refractivity (Wildman–Crippen MR) is 119 cm³/mol. The average Bonchev–Trinajstić information content (AvgIpc) is 3.49. The molecule has 0 radical (unpaired) electrons. The number of halogens is 3. The van der Waals surface area contributed by atoms with Crippen molar-refractivity contribution in [3.8, 4) is 11.3 Å². The maximum absolute atomic E-state index is 13.6. The second kappa shape index (κ2) is 7.88. The number of ether oxygens (including phenoxy) is 1. The first kappa shape index (κ1) is 24.0. The Hall–Kier alpha value is -3.74. The lowest BCUT2D eigenvalue weighted by molar-refractivity contribution is -0.212. The van der Waals surface area contributed by atoms with E-state index in [9.17, 15) is 27.9 Å².